The number of ether oxygens (including phenoxy) is 1. The van der Waals surface area contributed by atoms with E-state index in [2.05, 4.69) is 10.3 Å². The number of nitrogens with two attached hydrogens (primary N) is 1. The molecular formula is C20H21FN4O3. The average Bonchev–Trinajstić information content (AvgIpc) is 3.18. The van der Waals surface area contributed by atoms with Gasteiger partial charge in [-0.3, -0.25) is 14.0 Å². The maximum absolute atomic E-state index is 14.0. The van der Waals surface area contributed by atoms with E-state index in [-0.39, 0.29) is 6.61 Å². The van der Waals surface area contributed by atoms with Crippen LogP contribution in [-0.4, -0.2) is 40.0 Å². The molecule has 28 heavy (non-hydrogen) atoms. The van der Waals surface area contributed by atoms with Gasteiger partial charge in [0.25, 0.3) is 11.8 Å². The third kappa shape index (κ3) is 2.85. The summed E-state index contributed by atoms with van der Waals surface area (Å²) in [7, 11) is 0. The minimum Gasteiger partial charge on any atom is -0.489 e. The number of alkyl halides is 1. The maximum Gasteiger partial charge on any atom is 0.255 e. The molecule has 2 aromatic heterocycles. The summed E-state index contributed by atoms with van der Waals surface area (Å²) in [4.78, 5) is 27.9. The van der Waals surface area contributed by atoms with Crippen LogP contribution in [0.15, 0.2) is 30.5 Å². The smallest absolute Gasteiger partial charge is 0.255 e. The molecule has 1 aliphatic heterocycles. The summed E-state index contributed by atoms with van der Waals surface area (Å²) in [6.45, 7) is 3.83. The molecule has 0 saturated carbocycles. The van der Waals surface area contributed by atoms with Gasteiger partial charge in [-0.15, -0.1) is 0 Å². The number of para-hydroxylation sites is 1. The van der Waals surface area contributed by atoms with Crippen LogP contribution < -0.4 is 15.8 Å². The first-order valence-corrected chi connectivity index (χ1v) is 9.19. The zero-order valence-electron chi connectivity index (χ0n) is 15.6. The predicted octanol–water partition coefficient (Wildman–Crippen LogP) is 2.14. The first-order chi connectivity index (χ1) is 13.4. The summed E-state index contributed by atoms with van der Waals surface area (Å²) in [5.41, 5.74) is 7.77. The van der Waals surface area contributed by atoms with Gasteiger partial charge in [0.05, 0.1) is 22.8 Å². The van der Waals surface area contributed by atoms with Gasteiger partial charge in [0.2, 0.25) is 0 Å². The number of imidazole rings is 1. The Bertz CT molecular complexity index is 1090. The summed E-state index contributed by atoms with van der Waals surface area (Å²) in [5, 5.41) is 3.43. The largest absolute Gasteiger partial charge is 0.489 e. The van der Waals surface area contributed by atoms with Crippen LogP contribution in [0.4, 0.5) is 4.39 Å². The number of primary amides is 1. The minimum absolute atomic E-state index is 0.149. The van der Waals surface area contributed by atoms with Crippen molar-refractivity contribution < 1.29 is 18.7 Å². The van der Waals surface area contributed by atoms with Gasteiger partial charge < -0.3 is 15.8 Å². The SMILES string of the molecule is CCC1C(COc2cccc3cc(C(N)=O)c4nc(C)cn4c23)NC(=O)C1F. The Labute approximate surface area is 160 Å². The van der Waals surface area contributed by atoms with E-state index >= 15 is 0 Å². The van der Waals surface area contributed by atoms with Crippen LogP contribution in [0, 0.1) is 12.8 Å². The number of aryl methyl sites for hydroxylation is 1. The van der Waals surface area contributed by atoms with Crippen LogP contribution in [0.1, 0.15) is 29.4 Å². The van der Waals surface area contributed by atoms with Gasteiger partial charge in [0, 0.05) is 17.5 Å². The minimum atomic E-state index is -1.51. The van der Waals surface area contributed by atoms with Crippen LogP contribution in [0.5, 0.6) is 5.75 Å². The van der Waals surface area contributed by atoms with Gasteiger partial charge in [-0.05, 0) is 25.5 Å². The second kappa shape index (κ2) is 6.78. The maximum atomic E-state index is 14.0. The highest BCUT2D eigenvalue weighted by molar-refractivity contribution is 6.03. The topological polar surface area (TPSA) is 98.7 Å². The van der Waals surface area contributed by atoms with Gasteiger partial charge in [0.1, 0.15) is 12.4 Å². The summed E-state index contributed by atoms with van der Waals surface area (Å²) in [5.74, 6) is -1.00. The van der Waals surface area contributed by atoms with E-state index in [1.165, 1.54) is 0 Å². The van der Waals surface area contributed by atoms with E-state index in [9.17, 15) is 14.0 Å². The van der Waals surface area contributed by atoms with Crippen molar-refractivity contribution in [2.45, 2.75) is 32.5 Å². The lowest BCUT2D eigenvalue weighted by Crippen LogP contribution is -2.34. The molecule has 4 rings (SSSR count). The molecule has 1 saturated heterocycles. The Morgan fingerprint density at radius 2 is 2.21 bits per heavy atom. The van der Waals surface area contributed by atoms with E-state index in [1.807, 2.05) is 19.9 Å². The highest BCUT2D eigenvalue weighted by Crippen LogP contribution is 2.30. The number of hydrogen-bond donors (Lipinski definition) is 2. The number of nitrogens with one attached hydrogen (secondary N) is 1. The molecule has 0 spiro atoms. The molecule has 3 atom stereocenters. The van der Waals surface area contributed by atoms with Gasteiger partial charge in [-0.1, -0.05) is 19.1 Å². The molecular weight excluding hydrogens is 363 g/mol. The number of hydrogen-bond acceptors (Lipinski definition) is 4. The van der Waals surface area contributed by atoms with Crippen molar-refractivity contribution in [2.24, 2.45) is 11.7 Å². The molecule has 0 aliphatic carbocycles. The summed E-state index contributed by atoms with van der Waals surface area (Å²) < 4.78 is 21.8. The van der Waals surface area contributed by atoms with Crippen LogP contribution in [0.3, 0.4) is 0 Å². The summed E-state index contributed by atoms with van der Waals surface area (Å²) >= 11 is 0. The molecule has 146 valence electrons. The van der Waals surface area contributed by atoms with Gasteiger partial charge in [0.15, 0.2) is 11.8 Å². The lowest BCUT2D eigenvalue weighted by atomic mass is 9.97. The van der Waals surface area contributed by atoms with E-state index in [1.54, 1.807) is 28.8 Å². The first-order valence-electron chi connectivity index (χ1n) is 9.19. The third-order valence-corrected chi connectivity index (χ3v) is 5.26. The Morgan fingerprint density at radius 1 is 1.43 bits per heavy atom. The second-order valence-electron chi connectivity index (χ2n) is 7.09. The number of aromatic nitrogens is 2. The van der Waals surface area contributed by atoms with Crippen LogP contribution in [0.2, 0.25) is 0 Å². The van der Waals surface area contributed by atoms with Crippen molar-refractivity contribution in [3.63, 3.8) is 0 Å². The van der Waals surface area contributed by atoms with Crippen molar-refractivity contribution in [3.05, 3.63) is 41.7 Å². The van der Waals surface area contributed by atoms with E-state index in [0.717, 1.165) is 16.6 Å². The molecule has 3 N–H and O–H groups in total. The normalized spacial score (nSPS) is 22.0. The van der Waals surface area contributed by atoms with Gasteiger partial charge in [-0.25, -0.2) is 9.37 Å². The van der Waals surface area contributed by atoms with Crippen molar-refractivity contribution >= 4 is 28.4 Å². The molecule has 3 unspecified atom stereocenters. The van der Waals surface area contributed by atoms with Crippen molar-refractivity contribution in [3.8, 4) is 5.75 Å². The Hall–Kier alpha value is -3.16. The number of amides is 2. The fourth-order valence-corrected chi connectivity index (χ4v) is 3.89. The zero-order chi connectivity index (χ0) is 20.0. The van der Waals surface area contributed by atoms with Gasteiger partial charge in [-0.2, -0.15) is 0 Å². The molecule has 7 nitrogen and oxygen atoms in total. The standard InChI is InChI=1S/C20H21FN4O3/c1-3-12-14(24-20(27)16(12)21)9-28-15-6-4-5-11-7-13(18(22)26)19-23-10(2)8-25(19)17(11)15/h4-8,12,14,16H,3,9H2,1-2H3,(H2,22,26)(H,24,27). The van der Waals surface area contributed by atoms with Crippen LogP contribution in [0.25, 0.3) is 16.6 Å². The number of halogens is 1. The van der Waals surface area contributed by atoms with Crippen molar-refractivity contribution in [1.82, 2.24) is 14.7 Å². The quantitative estimate of drug-likeness (QED) is 0.704. The van der Waals surface area contributed by atoms with E-state index < -0.39 is 29.9 Å². The van der Waals surface area contributed by atoms with Crippen molar-refractivity contribution in [1.29, 1.82) is 0 Å². The molecule has 8 heteroatoms. The van der Waals surface area contributed by atoms with Gasteiger partial charge >= 0.3 is 0 Å². The van der Waals surface area contributed by atoms with E-state index in [0.29, 0.717) is 23.4 Å². The lowest BCUT2D eigenvalue weighted by Gasteiger charge is -2.19. The zero-order valence-corrected chi connectivity index (χ0v) is 15.6. The monoisotopic (exact) mass is 384 g/mol. The first kappa shape index (κ1) is 18.2. The molecule has 3 aromatic rings. The highest BCUT2D eigenvalue weighted by Gasteiger charge is 2.41. The number of fused-ring (bicyclic) bond motifs is 3. The molecule has 2 amide bonds. The summed E-state index contributed by atoms with van der Waals surface area (Å²) in [6, 6.07) is 6.75. The molecule has 0 radical (unpaired) electrons. The number of benzene rings is 1. The number of carbonyl (C=O) groups excluding carboxylic acids is 2. The Morgan fingerprint density at radius 3 is 2.93 bits per heavy atom. The number of pyridine rings is 1. The number of nitrogens with zero attached hydrogens (tertiary/aromatic N) is 2. The third-order valence-electron chi connectivity index (χ3n) is 5.26. The fourth-order valence-electron chi connectivity index (χ4n) is 3.89. The Balaban J connectivity index is 1.75. The summed E-state index contributed by atoms with van der Waals surface area (Å²) in [6.07, 6.45) is 0.837. The van der Waals surface area contributed by atoms with Crippen LogP contribution >= 0.6 is 0 Å². The molecule has 1 aliphatic rings. The molecule has 0 bridgehead atoms. The number of carbonyl (C=O) groups is 2. The highest BCUT2D eigenvalue weighted by atomic mass is 19.1. The second-order valence-corrected chi connectivity index (χ2v) is 7.09. The van der Waals surface area contributed by atoms with Crippen molar-refractivity contribution in [2.75, 3.05) is 6.61 Å². The lowest BCUT2D eigenvalue weighted by molar-refractivity contribution is -0.123. The molecule has 1 aromatic carbocycles. The molecule has 1 fully saturated rings. The predicted molar refractivity (Wildman–Crippen MR) is 102 cm³/mol. The fraction of sp³-hybridized carbons (Fsp3) is 0.350. The van der Waals surface area contributed by atoms with E-state index in [4.69, 9.17) is 10.5 Å². The Kier molecular flexibility index (Phi) is 4.41. The van der Waals surface area contributed by atoms with Crippen LogP contribution in [-0.2, 0) is 4.79 Å². The number of rotatable bonds is 5. The molecule has 3 heterocycles. The average molecular weight is 384 g/mol.